The third kappa shape index (κ3) is 4.50. The first kappa shape index (κ1) is 23.1. The Kier molecular flexibility index (Phi) is 5.58. The van der Waals surface area contributed by atoms with Crippen LogP contribution in [0, 0.1) is 5.92 Å². The molecule has 0 unspecified atom stereocenters. The van der Waals surface area contributed by atoms with Crippen LogP contribution in [0.2, 0.25) is 0 Å². The monoisotopic (exact) mass is 502 g/mol. The second-order valence-electron chi connectivity index (χ2n) is 9.43. The molecule has 1 aliphatic carbocycles. The van der Waals surface area contributed by atoms with Crippen molar-refractivity contribution in [2.24, 2.45) is 5.92 Å². The van der Waals surface area contributed by atoms with Crippen LogP contribution in [0.15, 0.2) is 61.1 Å². The van der Waals surface area contributed by atoms with Crippen molar-refractivity contribution in [3.63, 3.8) is 0 Å². The molecule has 1 saturated carbocycles. The van der Waals surface area contributed by atoms with Gasteiger partial charge in [0.25, 0.3) is 0 Å². The molecule has 2 aromatic carbocycles. The number of aromatic amines is 1. The summed E-state index contributed by atoms with van der Waals surface area (Å²) in [4.78, 5) is 23.4. The molecule has 8 nitrogen and oxygen atoms in total. The van der Waals surface area contributed by atoms with Gasteiger partial charge in [-0.1, -0.05) is 18.2 Å². The van der Waals surface area contributed by atoms with Crippen molar-refractivity contribution >= 4 is 17.4 Å². The van der Waals surface area contributed by atoms with Gasteiger partial charge in [0.1, 0.15) is 11.6 Å². The van der Waals surface area contributed by atoms with Gasteiger partial charge in [0, 0.05) is 55.4 Å². The standard InChI is InChI=1S/C27H24F2N6O2/c1-37-23-9-16(21-12-31-32-13-21)4-5-22(23)33-24-6-7-30-25(34-24)17-2-3-18-14-35(15-19(18)8-17)26(36)20-10-27(28,29)11-20/h2-9,12-13,20H,10-11,14-15H2,1H3,(H,31,32)(H,30,33,34). The minimum atomic E-state index is -2.71. The van der Waals surface area contributed by atoms with E-state index in [0.717, 1.165) is 33.5 Å². The highest BCUT2D eigenvalue weighted by molar-refractivity contribution is 5.81. The highest BCUT2D eigenvalue weighted by Crippen LogP contribution is 2.44. The van der Waals surface area contributed by atoms with E-state index >= 15 is 0 Å². The highest BCUT2D eigenvalue weighted by Gasteiger charge is 2.50. The fraction of sp³-hybridized carbons (Fsp3) is 0.259. The Morgan fingerprint density at radius 3 is 2.65 bits per heavy atom. The molecule has 1 fully saturated rings. The number of ether oxygens (including phenoxy) is 1. The molecule has 0 radical (unpaired) electrons. The van der Waals surface area contributed by atoms with Crippen molar-refractivity contribution < 1.29 is 18.3 Å². The van der Waals surface area contributed by atoms with Gasteiger partial charge in [0.15, 0.2) is 5.82 Å². The minimum absolute atomic E-state index is 0.196. The molecule has 0 bridgehead atoms. The molecule has 4 aromatic rings. The summed E-state index contributed by atoms with van der Waals surface area (Å²) in [6, 6.07) is 13.4. The first-order valence-electron chi connectivity index (χ1n) is 11.9. The molecule has 188 valence electrons. The normalized spacial score (nSPS) is 16.2. The Morgan fingerprint density at radius 2 is 1.89 bits per heavy atom. The van der Waals surface area contributed by atoms with E-state index < -0.39 is 11.8 Å². The zero-order chi connectivity index (χ0) is 25.6. The number of halogens is 2. The fourth-order valence-corrected chi connectivity index (χ4v) is 4.87. The van der Waals surface area contributed by atoms with Crippen LogP contribution in [0.1, 0.15) is 24.0 Å². The minimum Gasteiger partial charge on any atom is -0.495 e. The van der Waals surface area contributed by atoms with Gasteiger partial charge in [-0.05, 0) is 41.0 Å². The van der Waals surface area contributed by atoms with E-state index in [1.807, 2.05) is 42.6 Å². The number of anilines is 2. The number of methoxy groups -OCH3 is 1. The van der Waals surface area contributed by atoms with Crippen LogP contribution < -0.4 is 10.1 Å². The Labute approximate surface area is 211 Å². The zero-order valence-corrected chi connectivity index (χ0v) is 20.0. The van der Waals surface area contributed by atoms with Crippen molar-refractivity contribution in [2.75, 3.05) is 12.4 Å². The maximum atomic E-state index is 13.2. The summed E-state index contributed by atoms with van der Waals surface area (Å²) in [5, 5.41) is 10.1. The van der Waals surface area contributed by atoms with Gasteiger partial charge in [-0.15, -0.1) is 0 Å². The number of amides is 1. The molecule has 3 heterocycles. The predicted octanol–water partition coefficient (Wildman–Crippen LogP) is 5.17. The van der Waals surface area contributed by atoms with E-state index in [0.29, 0.717) is 30.5 Å². The van der Waals surface area contributed by atoms with Crippen molar-refractivity contribution in [3.05, 3.63) is 72.2 Å². The Bertz CT molecular complexity index is 1470. The Hall–Kier alpha value is -4.34. The van der Waals surface area contributed by atoms with Crippen LogP contribution >= 0.6 is 0 Å². The summed E-state index contributed by atoms with van der Waals surface area (Å²) < 4.78 is 32.0. The lowest BCUT2D eigenvalue weighted by Crippen LogP contribution is -2.45. The topological polar surface area (TPSA) is 96.0 Å². The number of aromatic nitrogens is 4. The molecule has 0 saturated heterocycles. The number of hydrogen-bond acceptors (Lipinski definition) is 6. The smallest absolute Gasteiger partial charge is 0.249 e. The lowest BCUT2D eigenvalue weighted by atomic mass is 9.80. The molecule has 1 aliphatic heterocycles. The molecule has 37 heavy (non-hydrogen) atoms. The van der Waals surface area contributed by atoms with Gasteiger partial charge in [0.2, 0.25) is 11.8 Å². The second kappa shape index (κ2) is 8.95. The van der Waals surface area contributed by atoms with E-state index in [4.69, 9.17) is 4.74 Å². The van der Waals surface area contributed by atoms with Crippen molar-refractivity contribution in [3.8, 4) is 28.3 Å². The maximum absolute atomic E-state index is 13.2. The third-order valence-corrected chi connectivity index (χ3v) is 6.89. The van der Waals surface area contributed by atoms with Crippen LogP contribution in [0.25, 0.3) is 22.5 Å². The quantitative estimate of drug-likeness (QED) is 0.378. The molecule has 0 atom stereocenters. The molecule has 2 aromatic heterocycles. The van der Waals surface area contributed by atoms with E-state index in [2.05, 4.69) is 25.5 Å². The van der Waals surface area contributed by atoms with Gasteiger partial charge in [-0.25, -0.2) is 18.7 Å². The van der Waals surface area contributed by atoms with Gasteiger partial charge < -0.3 is 15.0 Å². The van der Waals surface area contributed by atoms with Crippen LogP contribution in [0.5, 0.6) is 5.75 Å². The summed E-state index contributed by atoms with van der Waals surface area (Å²) in [6.45, 7) is 0.843. The molecule has 2 N–H and O–H groups in total. The number of hydrogen-bond donors (Lipinski definition) is 2. The Balaban J connectivity index is 1.19. The van der Waals surface area contributed by atoms with E-state index in [1.54, 1.807) is 30.5 Å². The summed E-state index contributed by atoms with van der Waals surface area (Å²) in [5.74, 6) is -1.69. The molecule has 10 heteroatoms. The first-order valence-corrected chi connectivity index (χ1v) is 11.9. The summed E-state index contributed by atoms with van der Waals surface area (Å²) in [6.07, 6.45) is 4.53. The van der Waals surface area contributed by atoms with Gasteiger partial charge in [-0.2, -0.15) is 5.10 Å². The first-order chi connectivity index (χ1) is 17.9. The molecule has 2 aliphatic rings. The summed E-state index contributed by atoms with van der Waals surface area (Å²) >= 11 is 0. The summed E-state index contributed by atoms with van der Waals surface area (Å²) in [5.41, 5.74) is 5.49. The number of nitrogens with one attached hydrogen (secondary N) is 2. The zero-order valence-electron chi connectivity index (χ0n) is 20.0. The van der Waals surface area contributed by atoms with E-state index in [1.165, 1.54) is 0 Å². The number of H-pyrrole nitrogens is 1. The Morgan fingerprint density at radius 1 is 1.08 bits per heavy atom. The van der Waals surface area contributed by atoms with Crippen LogP contribution in [0.3, 0.4) is 0 Å². The van der Waals surface area contributed by atoms with Crippen molar-refractivity contribution in [2.45, 2.75) is 31.9 Å². The lowest BCUT2D eigenvalue weighted by molar-refractivity contribution is -0.160. The van der Waals surface area contributed by atoms with Crippen molar-refractivity contribution in [1.82, 2.24) is 25.1 Å². The number of alkyl halides is 2. The van der Waals surface area contributed by atoms with Crippen LogP contribution in [-0.2, 0) is 17.9 Å². The summed E-state index contributed by atoms with van der Waals surface area (Å²) in [7, 11) is 1.61. The largest absolute Gasteiger partial charge is 0.495 e. The van der Waals surface area contributed by atoms with Crippen molar-refractivity contribution in [1.29, 1.82) is 0 Å². The van der Waals surface area contributed by atoms with Gasteiger partial charge >= 0.3 is 0 Å². The molecule has 0 spiro atoms. The number of rotatable bonds is 6. The lowest BCUT2D eigenvalue weighted by Gasteiger charge is -2.36. The van der Waals surface area contributed by atoms with Crippen LogP contribution in [-0.4, -0.2) is 44.0 Å². The van der Waals surface area contributed by atoms with Crippen LogP contribution in [0.4, 0.5) is 20.3 Å². The number of nitrogens with zero attached hydrogens (tertiary/aromatic N) is 4. The molecule has 6 rings (SSSR count). The second-order valence-corrected chi connectivity index (χ2v) is 9.43. The third-order valence-electron chi connectivity index (χ3n) is 6.89. The number of benzene rings is 2. The average molecular weight is 503 g/mol. The fourth-order valence-electron chi connectivity index (χ4n) is 4.87. The van der Waals surface area contributed by atoms with Gasteiger partial charge in [-0.3, -0.25) is 9.89 Å². The molecular weight excluding hydrogens is 478 g/mol. The van der Waals surface area contributed by atoms with E-state index in [-0.39, 0.29) is 18.7 Å². The number of carbonyl (C=O) groups is 1. The molecule has 1 amide bonds. The SMILES string of the molecule is COc1cc(-c2cn[nH]c2)ccc1Nc1ccnc(-c2ccc3c(c2)CN(C(=O)C2CC(F)(F)C2)C3)n1. The maximum Gasteiger partial charge on any atom is 0.249 e. The van der Waals surface area contributed by atoms with Gasteiger partial charge in [0.05, 0.1) is 19.0 Å². The van der Waals surface area contributed by atoms with E-state index in [9.17, 15) is 13.6 Å². The predicted molar refractivity (Wildman–Crippen MR) is 133 cm³/mol. The number of carbonyl (C=O) groups excluding carboxylic acids is 1. The average Bonchev–Trinajstić information content (AvgIpc) is 3.57. The number of fused-ring (bicyclic) bond motifs is 1. The highest BCUT2D eigenvalue weighted by atomic mass is 19.3. The molecular formula is C27H24F2N6O2.